The smallest absolute Gasteiger partial charge is 0.204 e. The molecule has 19 heavy (non-hydrogen) atoms. The Morgan fingerprint density at radius 1 is 1.11 bits per heavy atom. The van der Waals surface area contributed by atoms with E-state index in [1.165, 1.54) is 23.6 Å². The van der Waals surface area contributed by atoms with E-state index in [2.05, 4.69) is 15.5 Å². The van der Waals surface area contributed by atoms with Crippen LogP contribution in [-0.2, 0) is 0 Å². The number of rotatable bonds is 3. The predicted molar refractivity (Wildman–Crippen MR) is 77.2 cm³/mol. The first kappa shape index (κ1) is 11.8. The fourth-order valence-corrected chi connectivity index (χ4v) is 2.47. The summed E-state index contributed by atoms with van der Waals surface area (Å²) in [5, 5.41) is 4.69. The van der Waals surface area contributed by atoms with E-state index in [9.17, 15) is 4.39 Å². The van der Waals surface area contributed by atoms with Gasteiger partial charge < -0.3 is 0 Å². The summed E-state index contributed by atoms with van der Waals surface area (Å²) in [5.41, 5.74) is 4.19. The van der Waals surface area contributed by atoms with Crippen LogP contribution in [0.25, 0.3) is 10.2 Å². The average molecular weight is 271 g/mol. The molecule has 3 aromatic rings. The lowest BCUT2D eigenvalue weighted by atomic mass is 10.2. The maximum Gasteiger partial charge on any atom is 0.204 e. The number of thiazole rings is 1. The van der Waals surface area contributed by atoms with Gasteiger partial charge in [0.2, 0.25) is 5.13 Å². The molecule has 0 aliphatic heterocycles. The highest BCUT2D eigenvalue weighted by atomic mass is 32.1. The van der Waals surface area contributed by atoms with E-state index in [1.807, 2.05) is 24.3 Å². The number of nitrogens with zero attached hydrogens (tertiary/aromatic N) is 2. The molecule has 0 spiro atoms. The van der Waals surface area contributed by atoms with E-state index in [0.29, 0.717) is 10.7 Å². The van der Waals surface area contributed by atoms with Crippen molar-refractivity contribution >= 4 is 32.9 Å². The molecule has 1 heterocycles. The summed E-state index contributed by atoms with van der Waals surface area (Å²) >= 11 is 1.51. The van der Waals surface area contributed by atoms with E-state index >= 15 is 0 Å². The van der Waals surface area contributed by atoms with Crippen LogP contribution in [0.3, 0.4) is 0 Å². The maximum absolute atomic E-state index is 13.4. The molecule has 5 heteroatoms. The largest absolute Gasteiger partial charge is 0.253 e. The van der Waals surface area contributed by atoms with Crippen LogP contribution in [0.2, 0.25) is 0 Å². The Balaban J connectivity index is 1.77. The summed E-state index contributed by atoms with van der Waals surface area (Å²) in [4.78, 5) is 4.37. The first-order valence-corrected chi connectivity index (χ1v) is 6.54. The van der Waals surface area contributed by atoms with Gasteiger partial charge in [-0.05, 0) is 18.2 Å². The Morgan fingerprint density at radius 2 is 1.89 bits per heavy atom. The van der Waals surface area contributed by atoms with E-state index in [-0.39, 0.29) is 5.82 Å². The number of nitrogens with one attached hydrogen (secondary N) is 1. The van der Waals surface area contributed by atoms with E-state index in [0.717, 1.165) is 10.2 Å². The van der Waals surface area contributed by atoms with Gasteiger partial charge in [-0.25, -0.2) is 9.37 Å². The number of hydrazone groups is 1. The van der Waals surface area contributed by atoms with Crippen molar-refractivity contribution in [2.75, 3.05) is 5.43 Å². The Kier molecular flexibility index (Phi) is 3.20. The highest BCUT2D eigenvalue weighted by Gasteiger charge is 2.01. The zero-order valence-corrected chi connectivity index (χ0v) is 10.7. The lowest BCUT2D eigenvalue weighted by Crippen LogP contribution is -1.92. The number of para-hydroxylation sites is 1. The second-order valence-electron chi connectivity index (χ2n) is 3.88. The zero-order valence-electron chi connectivity index (χ0n) is 9.88. The molecule has 1 aromatic heterocycles. The van der Waals surface area contributed by atoms with Crippen molar-refractivity contribution in [1.29, 1.82) is 0 Å². The fraction of sp³-hybridized carbons (Fsp3) is 0. The average Bonchev–Trinajstić information content (AvgIpc) is 2.83. The van der Waals surface area contributed by atoms with Gasteiger partial charge in [0.15, 0.2) is 0 Å². The van der Waals surface area contributed by atoms with Crippen LogP contribution in [0.1, 0.15) is 5.56 Å². The lowest BCUT2D eigenvalue weighted by molar-refractivity contribution is 0.626. The van der Waals surface area contributed by atoms with Crippen LogP contribution in [0.4, 0.5) is 9.52 Å². The Bertz CT molecular complexity index is 703. The molecule has 0 fully saturated rings. The van der Waals surface area contributed by atoms with E-state index in [1.54, 1.807) is 18.2 Å². The Labute approximate surface area is 113 Å². The third-order valence-electron chi connectivity index (χ3n) is 2.56. The van der Waals surface area contributed by atoms with Gasteiger partial charge in [0.05, 0.1) is 16.4 Å². The fourth-order valence-electron chi connectivity index (χ4n) is 1.66. The van der Waals surface area contributed by atoms with Gasteiger partial charge in [0.25, 0.3) is 0 Å². The van der Waals surface area contributed by atoms with Crippen LogP contribution in [-0.4, -0.2) is 11.2 Å². The molecule has 0 unspecified atom stereocenters. The van der Waals surface area contributed by atoms with Crippen molar-refractivity contribution in [3.63, 3.8) is 0 Å². The van der Waals surface area contributed by atoms with Crippen molar-refractivity contribution in [3.8, 4) is 0 Å². The van der Waals surface area contributed by atoms with Gasteiger partial charge in [0.1, 0.15) is 5.82 Å². The summed E-state index contributed by atoms with van der Waals surface area (Å²) in [5.74, 6) is -0.294. The molecular formula is C14H10FN3S. The quantitative estimate of drug-likeness (QED) is 0.580. The third-order valence-corrected chi connectivity index (χ3v) is 3.50. The van der Waals surface area contributed by atoms with Crippen LogP contribution in [0.5, 0.6) is 0 Å². The van der Waals surface area contributed by atoms with Crippen LogP contribution < -0.4 is 5.43 Å². The van der Waals surface area contributed by atoms with Gasteiger partial charge in [0, 0.05) is 5.56 Å². The molecule has 0 aliphatic rings. The number of hydrogen-bond acceptors (Lipinski definition) is 4. The summed E-state index contributed by atoms with van der Waals surface area (Å²) in [7, 11) is 0. The van der Waals surface area contributed by atoms with Gasteiger partial charge in [-0.2, -0.15) is 5.10 Å². The Morgan fingerprint density at radius 3 is 2.74 bits per heavy atom. The van der Waals surface area contributed by atoms with Crippen molar-refractivity contribution in [3.05, 3.63) is 59.9 Å². The molecule has 0 amide bonds. The molecule has 0 aliphatic carbocycles. The number of aromatic nitrogens is 1. The molecular weight excluding hydrogens is 261 g/mol. The lowest BCUT2D eigenvalue weighted by Gasteiger charge is -1.95. The van der Waals surface area contributed by atoms with Gasteiger partial charge in [-0.1, -0.05) is 41.7 Å². The molecule has 3 rings (SSSR count). The summed E-state index contributed by atoms with van der Waals surface area (Å²) in [6.45, 7) is 0. The number of halogens is 1. The third kappa shape index (κ3) is 2.61. The molecule has 0 saturated heterocycles. The van der Waals surface area contributed by atoms with Crippen LogP contribution >= 0.6 is 11.3 Å². The molecule has 1 N–H and O–H groups in total. The molecule has 0 saturated carbocycles. The highest BCUT2D eigenvalue weighted by molar-refractivity contribution is 7.22. The van der Waals surface area contributed by atoms with E-state index in [4.69, 9.17) is 0 Å². The summed E-state index contributed by atoms with van der Waals surface area (Å²) < 4.78 is 14.4. The minimum Gasteiger partial charge on any atom is -0.253 e. The maximum atomic E-state index is 13.4. The normalized spacial score (nSPS) is 11.2. The molecule has 0 atom stereocenters. The predicted octanol–water partition coefficient (Wildman–Crippen LogP) is 3.88. The zero-order chi connectivity index (χ0) is 13.1. The van der Waals surface area contributed by atoms with Crippen LogP contribution in [0.15, 0.2) is 53.6 Å². The monoisotopic (exact) mass is 271 g/mol. The molecule has 3 nitrogen and oxygen atoms in total. The van der Waals surface area contributed by atoms with Gasteiger partial charge >= 0.3 is 0 Å². The topological polar surface area (TPSA) is 37.3 Å². The molecule has 0 bridgehead atoms. The van der Waals surface area contributed by atoms with Crippen molar-refractivity contribution in [1.82, 2.24) is 4.98 Å². The van der Waals surface area contributed by atoms with Gasteiger partial charge in [-0.15, -0.1) is 0 Å². The number of anilines is 1. The second-order valence-corrected chi connectivity index (χ2v) is 4.91. The van der Waals surface area contributed by atoms with E-state index < -0.39 is 0 Å². The minimum atomic E-state index is -0.294. The summed E-state index contributed by atoms with van der Waals surface area (Å²) in [6.07, 6.45) is 1.45. The number of fused-ring (bicyclic) bond motifs is 1. The number of hydrogen-bond donors (Lipinski definition) is 1. The van der Waals surface area contributed by atoms with Gasteiger partial charge in [-0.3, -0.25) is 5.43 Å². The molecule has 0 radical (unpaired) electrons. The SMILES string of the molecule is Fc1ccccc1/C=N\Nc1nc2ccccc2s1. The highest BCUT2D eigenvalue weighted by Crippen LogP contribution is 2.25. The molecule has 94 valence electrons. The minimum absolute atomic E-state index is 0.294. The summed E-state index contributed by atoms with van der Waals surface area (Å²) in [6, 6.07) is 14.3. The second kappa shape index (κ2) is 5.16. The Hall–Kier alpha value is -2.27. The number of benzene rings is 2. The molecule has 2 aromatic carbocycles. The first-order valence-electron chi connectivity index (χ1n) is 5.72. The van der Waals surface area contributed by atoms with Crippen molar-refractivity contribution in [2.24, 2.45) is 5.10 Å². The standard InChI is InChI=1S/C14H10FN3S/c15-11-6-2-1-5-10(11)9-16-18-14-17-12-7-3-4-8-13(12)19-14/h1-9H,(H,17,18)/b16-9-. The van der Waals surface area contributed by atoms with Crippen LogP contribution in [0, 0.1) is 5.82 Å². The van der Waals surface area contributed by atoms with Crippen molar-refractivity contribution < 1.29 is 4.39 Å². The first-order chi connectivity index (χ1) is 9.33. The van der Waals surface area contributed by atoms with Crippen molar-refractivity contribution in [2.45, 2.75) is 0 Å².